The van der Waals surface area contributed by atoms with Gasteiger partial charge in [0, 0.05) is 31.9 Å². The Morgan fingerprint density at radius 3 is 2.39 bits per heavy atom. The van der Waals surface area contributed by atoms with Crippen LogP contribution >= 0.6 is 24.0 Å². The topological polar surface area (TPSA) is 48.9 Å². The summed E-state index contributed by atoms with van der Waals surface area (Å²) in [5, 5.41) is 6.80. The summed E-state index contributed by atoms with van der Waals surface area (Å²) in [6.07, 6.45) is 0. The lowest BCUT2D eigenvalue weighted by Gasteiger charge is -2.30. The second-order valence-electron chi connectivity index (χ2n) is 6.70. The molecule has 1 aliphatic rings. The molecule has 0 spiro atoms. The van der Waals surface area contributed by atoms with Gasteiger partial charge < -0.3 is 20.3 Å². The minimum Gasteiger partial charge on any atom is -0.378 e. The number of rotatable bonds is 6. The summed E-state index contributed by atoms with van der Waals surface area (Å²) in [6, 6.07) is 17.0. The van der Waals surface area contributed by atoms with Gasteiger partial charge in [-0.15, -0.1) is 24.0 Å². The Balaban J connectivity index is 0.00000280. The molecule has 28 heavy (non-hydrogen) atoms. The van der Waals surface area contributed by atoms with Gasteiger partial charge in [-0.1, -0.05) is 42.5 Å². The Bertz CT molecular complexity index is 760. The van der Waals surface area contributed by atoms with Crippen molar-refractivity contribution in [1.29, 1.82) is 0 Å². The van der Waals surface area contributed by atoms with Crippen LogP contribution in [0, 0.1) is 6.92 Å². The van der Waals surface area contributed by atoms with Crippen molar-refractivity contribution in [1.82, 2.24) is 10.6 Å². The highest BCUT2D eigenvalue weighted by atomic mass is 127. The van der Waals surface area contributed by atoms with Crippen LogP contribution in [0.3, 0.4) is 0 Å². The van der Waals surface area contributed by atoms with Gasteiger partial charge in [-0.3, -0.25) is 0 Å². The molecule has 0 aromatic heterocycles. The number of nitrogens with zero attached hydrogens (tertiary/aromatic N) is 2. The number of ether oxygens (including phenoxy) is 1. The van der Waals surface area contributed by atoms with E-state index < -0.39 is 0 Å². The largest absolute Gasteiger partial charge is 0.378 e. The molecule has 0 amide bonds. The zero-order chi connectivity index (χ0) is 18.9. The van der Waals surface area contributed by atoms with E-state index in [0.29, 0.717) is 6.54 Å². The molecular formula is C22H31IN4O. The predicted octanol–water partition coefficient (Wildman–Crippen LogP) is 3.70. The molecule has 0 atom stereocenters. The van der Waals surface area contributed by atoms with Crippen molar-refractivity contribution < 1.29 is 4.74 Å². The first-order valence-electron chi connectivity index (χ1n) is 9.75. The minimum absolute atomic E-state index is 0. The Kier molecular flexibility index (Phi) is 9.57. The highest BCUT2D eigenvalue weighted by molar-refractivity contribution is 14.0. The number of benzene rings is 2. The summed E-state index contributed by atoms with van der Waals surface area (Å²) in [7, 11) is 0. The van der Waals surface area contributed by atoms with Gasteiger partial charge in [-0.25, -0.2) is 4.99 Å². The number of anilines is 1. The second-order valence-corrected chi connectivity index (χ2v) is 6.70. The Labute approximate surface area is 185 Å². The molecule has 0 unspecified atom stereocenters. The van der Waals surface area contributed by atoms with Crippen LogP contribution in [-0.2, 0) is 17.8 Å². The minimum atomic E-state index is 0. The number of morpholine rings is 1. The maximum atomic E-state index is 5.49. The average molecular weight is 494 g/mol. The zero-order valence-corrected chi connectivity index (χ0v) is 19.1. The van der Waals surface area contributed by atoms with Crippen LogP contribution in [0.5, 0.6) is 0 Å². The van der Waals surface area contributed by atoms with E-state index in [2.05, 4.69) is 77.9 Å². The molecular weight excluding hydrogens is 463 g/mol. The van der Waals surface area contributed by atoms with E-state index in [4.69, 9.17) is 9.73 Å². The van der Waals surface area contributed by atoms with E-state index in [1.54, 1.807) is 0 Å². The lowest BCUT2D eigenvalue weighted by atomic mass is 10.1. The van der Waals surface area contributed by atoms with Crippen molar-refractivity contribution in [3.63, 3.8) is 0 Å². The number of nitrogens with one attached hydrogen (secondary N) is 2. The molecule has 152 valence electrons. The van der Waals surface area contributed by atoms with Crippen LogP contribution in [0.1, 0.15) is 23.6 Å². The molecule has 1 aliphatic heterocycles. The quantitative estimate of drug-likeness (QED) is 0.366. The maximum Gasteiger partial charge on any atom is 0.191 e. The SMILES string of the molecule is CCNC(=NCc1ccccc1N1CCOCC1)NCc1ccccc1C.I. The van der Waals surface area contributed by atoms with E-state index in [9.17, 15) is 0 Å². The summed E-state index contributed by atoms with van der Waals surface area (Å²) in [6.45, 7) is 9.94. The number of aryl methyl sites for hydroxylation is 1. The first-order valence-corrected chi connectivity index (χ1v) is 9.75. The number of aliphatic imine (C=N–C) groups is 1. The molecule has 0 saturated carbocycles. The van der Waals surface area contributed by atoms with Crippen LogP contribution in [0.2, 0.25) is 0 Å². The lowest BCUT2D eigenvalue weighted by molar-refractivity contribution is 0.122. The van der Waals surface area contributed by atoms with Gasteiger partial charge in [0.2, 0.25) is 0 Å². The molecule has 6 heteroatoms. The van der Waals surface area contributed by atoms with Gasteiger partial charge in [0.05, 0.1) is 19.8 Å². The van der Waals surface area contributed by atoms with Gasteiger partial charge in [0.25, 0.3) is 0 Å². The Hall–Kier alpha value is -1.80. The molecule has 1 saturated heterocycles. The first kappa shape index (κ1) is 22.5. The fraction of sp³-hybridized carbons (Fsp3) is 0.409. The number of hydrogen-bond donors (Lipinski definition) is 2. The highest BCUT2D eigenvalue weighted by Crippen LogP contribution is 2.22. The van der Waals surface area contributed by atoms with Crippen molar-refractivity contribution in [2.75, 3.05) is 37.7 Å². The molecule has 2 N–H and O–H groups in total. The van der Waals surface area contributed by atoms with Crippen molar-refractivity contribution in [3.05, 3.63) is 65.2 Å². The molecule has 0 aliphatic carbocycles. The molecule has 3 rings (SSSR count). The third-order valence-electron chi connectivity index (χ3n) is 4.80. The van der Waals surface area contributed by atoms with Gasteiger partial charge >= 0.3 is 0 Å². The molecule has 1 fully saturated rings. The molecule has 5 nitrogen and oxygen atoms in total. The molecule has 0 radical (unpaired) electrons. The van der Waals surface area contributed by atoms with Crippen LogP contribution in [0.25, 0.3) is 0 Å². The summed E-state index contributed by atoms with van der Waals surface area (Å²) < 4.78 is 5.49. The normalized spacial score (nSPS) is 14.4. The Morgan fingerprint density at radius 2 is 1.68 bits per heavy atom. The van der Waals surface area contributed by atoms with Crippen molar-refractivity contribution in [2.45, 2.75) is 26.9 Å². The third-order valence-corrected chi connectivity index (χ3v) is 4.80. The van der Waals surface area contributed by atoms with Crippen molar-refractivity contribution in [2.24, 2.45) is 4.99 Å². The summed E-state index contributed by atoms with van der Waals surface area (Å²) in [5.41, 5.74) is 5.09. The lowest BCUT2D eigenvalue weighted by Crippen LogP contribution is -2.37. The van der Waals surface area contributed by atoms with Crippen LogP contribution in [0.4, 0.5) is 5.69 Å². The van der Waals surface area contributed by atoms with Gasteiger partial charge in [-0.2, -0.15) is 0 Å². The smallest absolute Gasteiger partial charge is 0.191 e. The summed E-state index contributed by atoms with van der Waals surface area (Å²) in [5.74, 6) is 0.845. The molecule has 2 aromatic carbocycles. The molecule has 0 bridgehead atoms. The number of hydrogen-bond acceptors (Lipinski definition) is 3. The predicted molar refractivity (Wildman–Crippen MR) is 128 cm³/mol. The molecule has 2 aromatic rings. The summed E-state index contributed by atoms with van der Waals surface area (Å²) in [4.78, 5) is 7.21. The fourth-order valence-electron chi connectivity index (χ4n) is 3.25. The average Bonchev–Trinajstić information content (AvgIpc) is 2.72. The standard InChI is InChI=1S/C22H30N4O.HI/c1-3-23-22(24-16-19-9-5-4-8-18(19)2)25-17-20-10-6-7-11-21(20)26-12-14-27-15-13-26;/h4-11H,3,12-17H2,1-2H3,(H2,23,24,25);1H. The zero-order valence-electron chi connectivity index (χ0n) is 16.8. The van der Waals surface area contributed by atoms with Crippen LogP contribution < -0.4 is 15.5 Å². The second kappa shape index (κ2) is 11.9. The Morgan fingerprint density at radius 1 is 1.00 bits per heavy atom. The molecule has 1 heterocycles. The van der Waals surface area contributed by atoms with Gasteiger partial charge in [-0.05, 0) is 36.6 Å². The highest BCUT2D eigenvalue weighted by Gasteiger charge is 2.14. The van der Waals surface area contributed by atoms with Crippen molar-refractivity contribution in [3.8, 4) is 0 Å². The number of guanidine groups is 1. The van der Waals surface area contributed by atoms with E-state index in [-0.39, 0.29) is 24.0 Å². The van der Waals surface area contributed by atoms with E-state index >= 15 is 0 Å². The maximum absolute atomic E-state index is 5.49. The van der Waals surface area contributed by atoms with Gasteiger partial charge in [0.15, 0.2) is 5.96 Å². The van der Waals surface area contributed by atoms with E-state index in [1.807, 2.05) is 0 Å². The van der Waals surface area contributed by atoms with Crippen molar-refractivity contribution >= 4 is 35.6 Å². The van der Waals surface area contributed by atoms with E-state index in [1.165, 1.54) is 22.4 Å². The van der Waals surface area contributed by atoms with Crippen LogP contribution in [0.15, 0.2) is 53.5 Å². The van der Waals surface area contributed by atoms with Crippen LogP contribution in [-0.4, -0.2) is 38.8 Å². The van der Waals surface area contributed by atoms with E-state index in [0.717, 1.165) is 45.4 Å². The third kappa shape index (κ3) is 6.38. The fourth-order valence-corrected chi connectivity index (χ4v) is 3.25. The monoisotopic (exact) mass is 494 g/mol. The number of para-hydroxylation sites is 1. The number of halogens is 1. The summed E-state index contributed by atoms with van der Waals surface area (Å²) >= 11 is 0. The first-order chi connectivity index (χ1) is 13.3. The van der Waals surface area contributed by atoms with Gasteiger partial charge in [0.1, 0.15) is 0 Å².